The van der Waals surface area contributed by atoms with E-state index in [0.717, 1.165) is 12.3 Å². The minimum Gasteiger partial charge on any atom is -0.311 e. The number of nitrogens with one attached hydrogen (secondary N) is 1. The molecular weight excluding hydrogens is 282 g/mol. The fourth-order valence-electron chi connectivity index (χ4n) is 4.61. The molecule has 2 aliphatic carbocycles. The van der Waals surface area contributed by atoms with Gasteiger partial charge in [-0.2, -0.15) is 5.26 Å². The average molecular weight is 309 g/mol. The van der Waals surface area contributed by atoms with Crippen LogP contribution in [-0.2, 0) is 0 Å². The van der Waals surface area contributed by atoms with E-state index in [0.29, 0.717) is 12.1 Å². The van der Waals surface area contributed by atoms with E-state index >= 15 is 0 Å². The summed E-state index contributed by atoms with van der Waals surface area (Å²) in [5.41, 5.74) is 1.73. The summed E-state index contributed by atoms with van der Waals surface area (Å²) in [7, 11) is 0. The smallest absolute Gasteiger partial charge is 0.0641 e. The van der Waals surface area contributed by atoms with E-state index in [2.05, 4.69) is 46.6 Å². The summed E-state index contributed by atoms with van der Waals surface area (Å²) in [5, 5.41) is 13.0. The van der Waals surface area contributed by atoms with Gasteiger partial charge in [0.2, 0.25) is 0 Å². The zero-order chi connectivity index (χ0) is 15.7. The molecule has 2 saturated carbocycles. The van der Waals surface area contributed by atoms with E-state index in [1.54, 1.807) is 0 Å². The Bertz CT molecular complexity index is 564. The van der Waals surface area contributed by atoms with Crippen molar-refractivity contribution in [1.29, 1.82) is 5.26 Å². The number of nitrogens with zero attached hydrogens (tertiary/aromatic N) is 2. The lowest BCUT2D eigenvalue weighted by Crippen LogP contribution is -2.57. The fourth-order valence-corrected chi connectivity index (χ4v) is 4.61. The van der Waals surface area contributed by atoms with E-state index < -0.39 is 0 Å². The van der Waals surface area contributed by atoms with Gasteiger partial charge in [-0.05, 0) is 44.1 Å². The lowest BCUT2D eigenvalue weighted by molar-refractivity contribution is -0.000684. The highest BCUT2D eigenvalue weighted by Crippen LogP contribution is 2.43. The molecule has 3 nitrogen and oxygen atoms in total. The molecule has 0 bridgehead atoms. The van der Waals surface area contributed by atoms with Crippen molar-refractivity contribution in [2.45, 2.75) is 68.5 Å². The molecule has 1 aromatic rings. The van der Waals surface area contributed by atoms with Crippen LogP contribution in [0.3, 0.4) is 0 Å². The van der Waals surface area contributed by atoms with Gasteiger partial charge in [0.1, 0.15) is 0 Å². The second-order valence-electron chi connectivity index (χ2n) is 7.70. The van der Waals surface area contributed by atoms with Crippen LogP contribution in [0.1, 0.15) is 56.4 Å². The molecular formula is C20H27N3. The molecule has 1 aliphatic heterocycles. The molecule has 2 atom stereocenters. The summed E-state index contributed by atoms with van der Waals surface area (Å²) >= 11 is 0. The Morgan fingerprint density at radius 3 is 2.52 bits per heavy atom. The highest BCUT2D eigenvalue weighted by atomic mass is 15.2. The Balaban J connectivity index is 1.26. The van der Waals surface area contributed by atoms with Gasteiger partial charge in [0, 0.05) is 36.6 Å². The number of hydrogen-bond acceptors (Lipinski definition) is 3. The molecule has 1 N–H and O–H groups in total. The summed E-state index contributed by atoms with van der Waals surface area (Å²) in [6.45, 7) is 2.34. The third-order valence-corrected chi connectivity index (χ3v) is 6.33. The Hall–Kier alpha value is -1.37. The Morgan fingerprint density at radius 1 is 1.17 bits per heavy atom. The highest BCUT2D eigenvalue weighted by molar-refractivity contribution is 5.27. The molecule has 0 aromatic heterocycles. The molecule has 1 heterocycles. The number of rotatable bonds is 5. The first-order valence-corrected chi connectivity index (χ1v) is 9.24. The first-order chi connectivity index (χ1) is 11.3. The van der Waals surface area contributed by atoms with Crippen molar-refractivity contribution >= 4 is 0 Å². The largest absolute Gasteiger partial charge is 0.311 e. The molecule has 1 saturated heterocycles. The second kappa shape index (κ2) is 6.26. The third kappa shape index (κ3) is 3.03. The molecule has 3 aliphatic rings. The predicted octanol–water partition coefficient (Wildman–Crippen LogP) is 3.43. The topological polar surface area (TPSA) is 39.1 Å². The first kappa shape index (κ1) is 15.2. The standard InChI is InChI=1S/C20H27N3/c21-12-11-20(9-4-10-20)23-13-7-17(8-14-23)22-19-15-18(19)16-5-2-1-3-6-16/h1-3,5-6,17-19,22H,4,7-11,13-15H2. The van der Waals surface area contributed by atoms with Gasteiger partial charge in [0.15, 0.2) is 0 Å². The molecule has 2 unspecified atom stereocenters. The summed E-state index contributed by atoms with van der Waals surface area (Å²) < 4.78 is 0. The Kier molecular flexibility index (Phi) is 4.13. The van der Waals surface area contributed by atoms with Gasteiger partial charge in [0.05, 0.1) is 12.5 Å². The summed E-state index contributed by atoms with van der Waals surface area (Å²) in [6, 6.07) is 14.7. The fraction of sp³-hybridized carbons (Fsp3) is 0.650. The van der Waals surface area contributed by atoms with E-state index in [1.165, 1.54) is 57.2 Å². The molecule has 3 heteroatoms. The van der Waals surface area contributed by atoms with Crippen LogP contribution >= 0.6 is 0 Å². The van der Waals surface area contributed by atoms with Gasteiger partial charge in [0.25, 0.3) is 0 Å². The molecule has 0 spiro atoms. The summed E-state index contributed by atoms with van der Waals surface area (Å²) in [6.07, 6.45) is 8.28. The van der Waals surface area contributed by atoms with Crippen LogP contribution in [0.5, 0.6) is 0 Å². The zero-order valence-electron chi connectivity index (χ0n) is 13.9. The van der Waals surface area contributed by atoms with Crippen molar-refractivity contribution in [2.75, 3.05) is 13.1 Å². The van der Waals surface area contributed by atoms with Gasteiger partial charge < -0.3 is 5.32 Å². The van der Waals surface area contributed by atoms with Crippen LogP contribution in [0, 0.1) is 11.3 Å². The Morgan fingerprint density at radius 2 is 1.91 bits per heavy atom. The van der Waals surface area contributed by atoms with Crippen molar-refractivity contribution < 1.29 is 0 Å². The maximum Gasteiger partial charge on any atom is 0.0641 e. The summed E-state index contributed by atoms with van der Waals surface area (Å²) in [5.74, 6) is 0.728. The van der Waals surface area contributed by atoms with Crippen molar-refractivity contribution in [3.8, 4) is 6.07 Å². The predicted molar refractivity (Wildman–Crippen MR) is 92.1 cm³/mol. The molecule has 0 amide bonds. The van der Waals surface area contributed by atoms with E-state index in [9.17, 15) is 0 Å². The number of benzene rings is 1. The van der Waals surface area contributed by atoms with Crippen molar-refractivity contribution in [1.82, 2.24) is 10.2 Å². The lowest BCUT2D eigenvalue weighted by atomic mass is 9.72. The molecule has 0 radical (unpaired) electrons. The van der Waals surface area contributed by atoms with E-state index in [4.69, 9.17) is 5.26 Å². The van der Waals surface area contributed by atoms with Crippen molar-refractivity contribution in [3.63, 3.8) is 0 Å². The number of likely N-dealkylation sites (tertiary alicyclic amines) is 1. The van der Waals surface area contributed by atoms with Crippen molar-refractivity contribution in [3.05, 3.63) is 35.9 Å². The van der Waals surface area contributed by atoms with Crippen LogP contribution < -0.4 is 5.32 Å². The average Bonchev–Trinajstić information content (AvgIpc) is 3.32. The number of hydrogen-bond donors (Lipinski definition) is 1. The van der Waals surface area contributed by atoms with Gasteiger partial charge in [-0.15, -0.1) is 0 Å². The van der Waals surface area contributed by atoms with E-state index in [-0.39, 0.29) is 5.54 Å². The van der Waals surface area contributed by atoms with Gasteiger partial charge in [-0.1, -0.05) is 30.3 Å². The molecule has 4 rings (SSSR count). The third-order valence-electron chi connectivity index (χ3n) is 6.33. The minimum absolute atomic E-state index is 0.242. The maximum absolute atomic E-state index is 9.13. The van der Waals surface area contributed by atoms with Crippen LogP contribution in [0.4, 0.5) is 0 Å². The maximum atomic E-state index is 9.13. The Labute approximate surface area is 139 Å². The van der Waals surface area contributed by atoms with E-state index in [1.807, 2.05) is 0 Å². The number of nitriles is 1. The van der Waals surface area contributed by atoms with Gasteiger partial charge in [-0.3, -0.25) is 4.90 Å². The number of piperidine rings is 1. The lowest BCUT2D eigenvalue weighted by Gasteiger charge is -2.51. The molecule has 23 heavy (non-hydrogen) atoms. The molecule has 1 aromatic carbocycles. The van der Waals surface area contributed by atoms with Crippen LogP contribution in [-0.4, -0.2) is 35.6 Å². The van der Waals surface area contributed by atoms with Crippen LogP contribution in [0.25, 0.3) is 0 Å². The zero-order valence-corrected chi connectivity index (χ0v) is 13.9. The van der Waals surface area contributed by atoms with Crippen molar-refractivity contribution in [2.24, 2.45) is 0 Å². The monoisotopic (exact) mass is 309 g/mol. The van der Waals surface area contributed by atoms with Crippen LogP contribution in [0.2, 0.25) is 0 Å². The molecule has 122 valence electrons. The quantitative estimate of drug-likeness (QED) is 0.905. The second-order valence-corrected chi connectivity index (χ2v) is 7.70. The summed E-state index contributed by atoms with van der Waals surface area (Å²) in [4.78, 5) is 2.62. The normalized spacial score (nSPS) is 30.4. The molecule has 3 fully saturated rings. The minimum atomic E-state index is 0.242. The van der Waals surface area contributed by atoms with Crippen LogP contribution in [0.15, 0.2) is 30.3 Å². The van der Waals surface area contributed by atoms with Gasteiger partial charge >= 0.3 is 0 Å². The van der Waals surface area contributed by atoms with Gasteiger partial charge in [-0.25, -0.2) is 0 Å². The SMILES string of the molecule is N#CCC1(N2CCC(NC3CC3c3ccccc3)CC2)CCC1. The highest BCUT2D eigenvalue weighted by Gasteiger charge is 2.44. The first-order valence-electron chi connectivity index (χ1n) is 9.24.